The van der Waals surface area contributed by atoms with Gasteiger partial charge >= 0.3 is 0 Å². The van der Waals surface area contributed by atoms with Crippen LogP contribution in [-0.4, -0.2) is 31.4 Å². The molecule has 1 aliphatic heterocycles. The van der Waals surface area contributed by atoms with Gasteiger partial charge in [0.25, 0.3) is 0 Å². The van der Waals surface area contributed by atoms with Gasteiger partial charge in [0.05, 0.1) is 30.1 Å². The van der Waals surface area contributed by atoms with Crippen LogP contribution in [0.4, 0.5) is 11.4 Å². The minimum atomic E-state index is 0.0287. The summed E-state index contributed by atoms with van der Waals surface area (Å²) in [5.41, 5.74) is 1.68. The van der Waals surface area contributed by atoms with Crippen LogP contribution in [0.5, 0.6) is 5.75 Å². The molecule has 0 saturated heterocycles. The quantitative estimate of drug-likeness (QED) is 0.841. The number of amides is 1. The molecule has 1 aliphatic rings. The van der Waals surface area contributed by atoms with Gasteiger partial charge in [-0.15, -0.1) is 11.8 Å². The predicted octanol–water partition coefficient (Wildman–Crippen LogP) is 4.68. The topological polar surface area (TPSA) is 41.6 Å². The van der Waals surface area contributed by atoms with Gasteiger partial charge < -0.3 is 15.0 Å². The Labute approximate surface area is 157 Å². The lowest BCUT2D eigenvalue weighted by Gasteiger charge is -2.23. The third kappa shape index (κ3) is 4.22. The molecule has 132 valence electrons. The zero-order chi connectivity index (χ0) is 17.8. The SMILES string of the molecule is COc1ccc(Cl)c(NCC(=O)N2CCC(C)Sc3ccccc32)c1. The van der Waals surface area contributed by atoms with Crippen molar-refractivity contribution in [3.63, 3.8) is 0 Å². The molecule has 0 radical (unpaired) electrons. The molecule has 25 heavy (non-hydrogen) atoms. The van der Waals surface area contributed by atoms with Crippen LogP contribution in [0.2, 0.25) is 5.02 Å². The number of nitrogens with one attached hydrogen (secondary N) is 1. The van der Waals surface area contributed by atoms with E-state index < -0.39 is 0 Å². The Morgan fingerprint density at radius 2 is 2.16 bits per heavy atom. The number of hydrogen-bond donors (Lipinski definition) is 1. The van der Waals surface area contributed by atoms with E-state index in [4.69, 9.17) is 16.3 Å². The number of halogens is 1. The Balaban J connectivity index is 1.75. The number of hydrogen-bond acceptors (Lipinski definition) is 4. The summed E-state index contributed by atoms with van der Waals surface area (Å²) in [6, 6.07) is 13.4. The van der Waals surface area contributed by atoms with Crippen molar-refractivity contribution in [2.75, 3.05) is 30.4 Å². The highest BCUT2D eigenvalue weighted by Crippen LogP contribution is 2.37. The maximum absolute atomic E-state index is 12.8. The first kappa shape index (κ1) is 18.0. The van der Waals surface area contributed by atoms with Gasteiger partial charge in [0.15, 0.2) is 0 Å². The number of ether oxygens (including phenoxy) is 1. The summed E-state index contributed by atoms with van der Waals surface area (Å²) in [7, 11) is 1.60. The Bertz CT molecular complexity index is 769. The highest BCUT2D eigenvalue weighted by atomic mass is 35.5. The number of thioether (sulfide) groups is 1. The van der Waals surface area contributed by atoms with Crippen molar-refractivity contribution in [2.24, 2.45) is 0 Å². The van der Waals surface area contributed by atoms with Crippen LogP contribution in [0.25, 0.3) is 0 Å². The average Bonchev–Trinajstić information content (AvgIpc) is 2.79. The third-order valence-corrected chi connectivity index (χ3v) is 5.71. The van der Waals surface area contributed by atoms with E-state index in [0.29, 0.717) is 21.7 Å². The van der Waals surface area contributed by atoms with Gasteiger partial charge in [-0.1, -0.05) is 30.7 Å². The fraction of sp³-hybridized carbons (Fsp3) is 0.316. The van der Waals surface area contributed by atoms with E-state index in [1.807, 2.05) is 34.9 Å². The van der Waals surface area contributed by atoms with E-state index in [0.717, 1.165) is 23.5 Å². The second kappa shape index (κ2) is 8.02. The lowest BCUT2D eigenvalue weighted by atomic mass is 10.2. The van der Waals surface area contributed by atoms with Gasteiger partial charge in [-0.2, -0.15) is 0 Å². The molecule has 0 saturated carbocycles. The molecule has 0 aliphatic carbocycles. The van der Waals surface area contributed by atoms with E-state index in [1.54, 1.807) is 25.3 Å². The Hall–Kier alpha value is -1.85. The number of benzene rings is 2. The lowest BCUT2D eigenvalue weighted by molar-refractivity contribution is -0.117. The van der Waals surface area contributed by atoms with Crippen molar-refractivity contribution in [3.8, 4) is 5.75 Å². The van der Waals surface area contributed by atoms with Crippen molar-refractivity contribution in [1.29, 1.82) is 0 Å². The molecular weight excluding hydrogens is 356 g/mol. The molecule has 0 fully saturated rings. The first-order chi connectivity index (χ1) is 12.1. The van der Waals surface area contributed by atoms with Crippen molar-refractivity contribution < 1.29 is 9.53 Å². The molecule has 0 spiro atoms. The molecule has 1 unspecified atom stereocenters. The summed E-state index contributed by atoms with van der Waals surface area (Å²) in [5, 5.41) is 4.19. The average molecular weight is 377 g/mol. The zero-order valence-electron chi connectivity index (χ0n) is 14.3. The van der Waals surface area contributed by atoms with E-state index >= 15 is 0 Å². The highest BCUT2D eigenvalue weighted by Gasteiger charge is 2.23. The van der Waals surface area contributed by atoms with Crippen molar-refractivity contribution in [1.82, 2.24) is 0 Å². The van der Waals surface area contributed by atoms with Crippen LogP contribution in [0.3, 0.4) is 0 Å². The predicted molar refractivity (Wildman–Crippen MR) is 105 cm³/mol. The first-order valence-electron chi connectivity index (χ1n) is 8.22. The van der Waals surface area contributed by atoms with Crippen LogP contribution < -0.4 is 15.0 Å². The van der Waals surface area contributed by atoms with Gasteiger partial charge in [-0.3, -0.25) is 4.79 Å². The minimum Gasteiger partial charge on any atom is -0.497 e. The number of carbonyl (C=O) groups excluding carboxylic acids is 1. The molecule has 3 rings (SSSR count). The highest BCUT2D eigenvalue weighted by molar-refractivity contribution is 8.00. The van der Waals surface area contributed by atoms with Crippen LogP contribution in [0, 0.1) is 0 Å². The summed E-state index contributed by atoms with van der Waals surface area (Å²) >= 11 is 8.03. The van der Waals surface area contributed by atoms with Crippen molar-refractivity contribution in [3.05, 3.63) is 47.5 Å². The molecule has 2 aromatic carbocycles. The van der Waals surface area contributed by atoms with Crippen molar-refractivity contribution >= 4 is 40.6 Å². The van der Waals surface area contributed by atoms with E-state index in [-0.39, 0.29) is 12.5 Å². The van der Waals surface area contributed by atoms with Crippen molar-refractivity contribution in [2.45, 2.75) is 23.5 Å². The zero-order valence-corrected chi connectivity index (χ0v) is 15.9. The lowest BCUT2D eigenvalue weighted by Crippen LogP contribution is -2.36. The first-order valence-corrected chi connectivity index (χ1v) is 9.47. The number of fused-ring (bicyclic) bond motifs is 1. The summed E-state index contributed by atoms with van der Waals surface area (Å²) in [6.07, 6.45) is 0.963. The van der Waals surface area contributed by atoms with E-state index in [1.165, 1.54) is 0 Å². The molecule has 1 heterocycles. The molecule has 1 N–H and O–H groups in total. The standard InChI is InChI=1S/C19H21ClN2O2S/c1-13-9-10-22(17-5-3-4-6-18(17)25-13)19(23)12-21-16-11-14(24-2)7-8-15(16)20/h3-8,11,13,21H,9-10,12H2,1-2H3. The van der Waals surface area contributed by atoms with Crippen LogP contribution in [0.1, 0.15) is 13.3 Å². The summed E-state index contributed by atoms with van der Waals surface area (Å²) in [5.74, 6) is 0.728. The summed E-state index contributed by atoms with van der Waals surface area (Å²) in [4.78, 5) is 15.9. The Kier molecular flexibility index (Phi) is 5.76. The molecule has 0 bridgehead atoms. The van der Waals surface area contributed by atoms with Gasteiger partial charge in [0.2, 0.25) is 5.91 Å². The number of anilines is 2. The smallest absolute Gasteiger partial charge is 0.246 e. The fourth-order valence-corrected chi connectivity index (χ4v) is 4.08. The van der Waals surface area contributed by atoms with Gasteiger partial charge in [0, 0.05) is 22.8 Å². The van der Waals surface area contributed by atoms with Crippen LogP contribution in [0.15, 0.2) is 47.4 Å². The van der Waals surface area contributed by atoms with Crippen LogP contribution >= 0.6 is 23.4 Å². The number of nitrogens with zero attached hydrogens (tertiary/aromatic N) is 1. The van der Waals surface area contributed by atoms with Crippen LogP contribution in [-0.2, 0) is 4.79 Å². The van der Waals surface area contributed by atoms with Gasteiger partial charge in [-0.25, -0.2) is 0 Å². The normalized spacial score (nSPS) is 16.8. The fourth-order valence-electron chi connectivity index (χ4n) is 2.78. The molecule has 2 aromatic rings. The molecule has 6 heteroatoms. The number of carbonyl (C=O) groups is 1. The maximum atomic E-state index is 12.8. The number of rotatable bonds is 4. The summed E-state index contributed by atoms with van der Waals surface area (Å²) in [6.45, 7) is 3.10. The van der Waals surface area contributed by atoms with E-state index in [9.17, 15) is 4.79 Å². The number of methoxy groups -OCH3 is 1. The van der Waals surface area contributed by atoms with Gasteiger partial charge in [0.1, 0.15) is 5.75 Å². The minimum absolute atomic E-state index is 0.0287. The number of para-hydroxylation sites is 1. The third-order valence-electron chi connectivity index (χ3n) is 4.15. The second-order valence-corrected chi connectivity index (χ2v) is 7.82. The second-order valence-electron chi connectivity index (χ2n) is 5.93. The molecule has 4 nitrogen and oxygen atoms in total. The Morgan fingerprint density at radius 1 is 1.36 bits per heavy atom. The Morgan fingerprint density at radius 3 is 2.96 bits per heavy atom. The summed E-state index contributed by atoms with van der Waals surface area (Å²) < 4.78 is 5.21. The maximum Gasteiger partial charge on any atom is 0.246 e. The molecule has 0 aromatic heterocycles. The largest absolute Gasteiger partial charge is 0.497 e. The van der Waals surface area contributed by atoms with Gasteiger partial charge in [-0.05, 0) is 30.7 Å². The van der Waals surface area contributed by atoms with E-state index in [2.05, 4.69) is 18.3 Å². The molecular formula is C19H21ClN2O2S. The molecule has 1 atom stereocenters. The monoisotopic (exact) mass is 376 g/mol. The molecule has 1 amide bonds.